The van der Waals surface area contributed by atoms with E-state index >= 15 is 0 Å². The van der Waals surface area contributed by atoms with Crippen LogP contribution in [0.2, 0.25) is 0 Å². The van der Waals surface area contributed by atoms with Gasteiger partial charge in [-0.3, -0.25) is 9.59 Å². The first-order valence-corrected chi connectivity index (χ1v) is 7.26. The molecule has 1 aliphatic heterocycles. The monoisotopic (exact) mass is 341 g/mol. The van der Waals surface area contributed by atoms with E-state index in [2.05, 4.69) is 15.9 Å². The van der Waals surface area contributed by atoms with E-state index < -0.39 is 0 Å². The van der Waals surface area contributed by atoms with Crippen LogP contribution < -0.4 is 4.90 Å². The van der Waals surface area contributed by atoms with Gasteiger partial charge in [-0.2, -0.15) is 0 Å². The molecule has 0 bridgehead atoms. The minimum atomic E-state index is -0.170. The fourth-order valence-corrected chi connectivity index (χ4v) is 2.63. The van der Waals surface area contributed by atoms with Crippen LogP contribution >= 0.6 is 15.9 Å². The van der Waals surface area contributed by atoms with Gasteiger partial charge in [-0.25, -0.2) is 0 Å². The Bertz CT molecular complexity index is 763. The predicted octanol–water partition coefficient (Wildman–Crippen LogP) is 3.69. The number of rotatable bonds is 2. The van der Waals surface area contributed by atoms with Gasteiger partial charge in [0.2, 0.25) is 0 Å². The second-order valence-corrected chi connectivity index (χ2v) is 5.73. The van der Waals surface area contributed by atoms with Gasteiger partial charge < -0.3 is 4.90 Å². The van der Waals surface area contributed by atoms with E-state index in [0.717, 1.165) is 15.7 Å². The molecule has 1 amide bonds. The lowest BCUT2D eigenvalue weighted by atomic mass is 10.0. The summed E-state index contributed by atoms with van der Waals surface area (Å²) in [6, 6.07) is 14.6. The first-order valence-electron chi connectivity index (χ1n) is 6.47. The number of nitrogens with zero attached hydrogens (tertiary/aromatic N) is 1. The van der Waals surface area contributed by atoms with Crippen LogP contribution in [-0.2, 0) is 4.79 Å². The Morgan fingerprint density at radius 2 is 1.76 bits per heavy atom. The molecule has 2 aromatic carbocycles. The van der Waals surface area contributed by atoms with Crippen molar-refractivity contribution in [2.45, 2.75) is 0 Å². The molecular formula is C17H12BrNO2. The molecule has 1 aliphatic rings. The minimum Gasteiger partial charge on any atom is -0.311 e. The topological polar surface area (TPSA) is 37.4 Å². The third-order valence-corrected chi connectivity index (χ3v) is 4.02. The van der Waals surface area contributed by atoms with Crippen molar-refractivity contribution in [1.29, 1.82) is 0 Å². The van der Waals surface area contributed by atoms with E-state index in [0.29, 0.717) is 11.1 Å². The van der Waals surface area contributed by atoms with Crippen molar-refractivity contribution in [2.75, 3.05) is 11.9 Å². The number of hydrogen-bond acceptors (Lipinski definition) is 2. The Kier molecular flexibility index (Phi) is 3.47. The molecule has 4 heteroatoms. The summed E-state index contributed by atoms with van der Waals surface area (Å²) >= 11 is 3.33. The molecule has 0 aromatic heterocycles. The van der Waals surface area contributed by atoms with Crippen molar-refractivity contribution < 1.29 is 9.59 Å². The van der Waals surface area contributed by atoms with Crippen molar-refractivity contribution in [2.24, 2.45) is 0 Å². The van der Waals surface area contributed by atoms with Crippen molar-refractivity contribution in [1.82, 2.24) is 0 Å². The summed E-state index contributed by atoms with van der Waals surface area (Å²) in [6.07, 6.45) is 1.42. The average Bonchev–Trinajstić information content (AvgIpc) is 2.73. The zero-order chi connectivity index (χ0) is 15.0. The summed E-state index contributed by atoms with van der Waals surface area (Å²) in [5.41, 5.74) is 2.64. The zero-order valence-corrected chi connectivity index (χ0v) is 12.9. The number of halogens is 1. The van der Waals surface area contributed by atoms with Gasteiger partial charge in [-0.1, -0.05) is 34.1 Å². The molecule has 0 N–H and O–H groups in total. The number of carbonyl (C=O) groups excluding carboxylic acids is 2. The number of fused-ring (bicyclic) bond motifs is 1. The average molecular weight is 342 g/mol. The number of benzene rings is 2. The lowest BCUT2D eigenvalue weighted by molar-refractivity contribution is -0.112. The maximum atomic E-state index is 12.3. The van der Waals surface area contributed by atoms with Crippen LogP contribution in [-0.4, -0.2) is 18.7 Å². The number of ketones is 1. The SMILES string of the molecule is CN1C(=O)/C(=C\C(=O)c2ccc(Br)cc2)c2ccccc21. The minimum absolute atomic E-state index is 0.151. The Hall–Kier alpha value is -2.20. The summed E-state index contributed by atoms with van der Waals surface area (Å²) in [5.74, 6) is -0.322. The number of allylic oxidation sites excluding steroid dienone is 1. The summed E-state index contributed by atoms with van der Waals surface area (Å²) in [7, 11) is 1.71. The van der Waals surface area contributed by atoms with E-state index in [9.17, 15) is 9.59 Å². The molecule has 21 heavy (non-hydrogen) atoms. The number of carbonyl (C=O) groups is 2. The zero-order valence-electron chi connectivity index (χ0n) is 11.3. The molecule has 0 fully saturated rings. The molecule has 0 spiro atoms. The summed E-state index contributed by atoms with van der Waals surface area (Å²) in [4.78, 5) is 26.2. The number of para-hydroxylation sites is 1. The molecule has 0 aliphatic carbocycles. The lowest BCUT2D eigenvalue weighted by Crippen LogP contribution is -2.20. The first kappa shape index (κ1) is 13.8. The van der Waals surface area contributed by atoms with Gasteiger partial charge in [0, 0.05) is 22.6 Å². The van der Waals surface area contributed by atoms with Crippen molar-refractivity contribution in [3.8, 4) is 0 Å². The van der Waals surface area contributed by atoms with E-state index in [1.807, 2.05) is 36.4 Å². The third-order valence-electron chi connectivity index (χ3n) is 3.49. The molecule has 3 rings (SSSR count). The van der Waals surface area contributed by atoms with Crippen LogP contribution in [0.1, 0.15) is 15.9 Å². The molecule has 0 saturated heterocycles. The van der Waals surface area contributed by atoms with E-state index in [1.165, 1.54) is 6.08 Å². The maximum Gasteiger partial charge on any atom is 0.258 e. The molecule has 0 radical (unpaired) electrons. The molecule has 3 nitrogen and oxygen atoms in total. The van der Waals surface area contributed by atoms with Gasteiger partial charge >= 0.3 is 0 Å². The van der Waals surface area contributed by atoms with Gasteiger partial charge in [0.05, 0.1) is 11.3 Å². The van der Waals surface area contributed by atoms with Crippen molar-refractivity contribution in [3.63, 3.8) is 0 Å². The Labute approximate surface area is 131 Å². The van der Waals surface area contributed by atoms with E-state index in [-0.39, 0.29) is 11.7 Å². The molecule has 2 aromatic rings. The highest BCUT2D eigenvalue weighted by Gasteiger charge is 2.29. The smallest absolute Gasteiger partial charge is 0.258 e. The normalized spacial score (nSPS) is 15.4. The van der Waals surface area contributed by atoms with Crippen molar-refractivity contribution in [3.05, 3.63) is 70.2 Å². The fourth-order valence-electron chi connectivity index (χ4n) is 2.37. The first-order chi connectivity index (χ1) is 10.1. The van der Waals surface area contributed by atoms with Gasteiger partial charge in [-0.05, 0) is 36.4 Å². The fraction of sp³-hybridized carbons (Fsp3) is 0.0588. The highest BCUT2D eigenvalue weighted by molar-refractivity contribution is 9.10. The van der Waals surface area contributed by atoms with Crippen LogP contribution in [0.5, 0.6) is 0 Å². The Morgan fingerprint density at radius 1 is 1.10 bits per heavy atom. The standard InChI is InChI=1S/C17H12BrNO2/c1-19-15-5-3-2-4-13(15)14(17(19)21)10-16(20)11-6-8-12(18)9-7-11/h2-10H,1H3/b14-10-. The molecule has 0 saturated carbocycles. The molecule has 0 unspecified atom stereocenters. The van der Waals surface area contributed by atoms with Crippen LogP contribution in [0.3, 0.4) is 0 Å². The number of likely N-dealkylation sites (N-methyl/N-ethyl adjacent to an activating group) is 1. The summed E-state index contributed by atoms with van der Waals surface area (Å²) < 4.78 is 0.911. The third kappa shape index (κ3) is 2.43. The highest BCUT2D eigenvalue weighted by atomic mass is 79.9. The summed E-state index contributed by atoms with van der Waals surface area (Å²) in [6.45, 7) is 0. The molecule has 0 atom stereocenters. The molecule has 1 heterocycles. The maximum absolute atomic E-state index is 12.3. The van der Waals surface area contributed by atoms with E-state index in [4.69, 9.17) is 0 Å². The quantitative estimate of drug-likeness (QED) is 0.617. The van der Waals surface area contributed by atoms with Crippen LogP contribution in [0.25, 0.3) is 5.57 Å². The van der Waals surface area contributed by atoms with Crippen molar-refractivity contribution >= 4 is 38.9 Å². The second-order valence-electron chi connectivity index (χ2n) is 4.81. The predicted molar refractivity (Wildman–Crippen MR) is 86.3 cm³/mol. The van der Waals surface area contributed by atoms with Gasteiger partial charge in [0.15, 0.2) is 5.78 Å². The Balaban J connectivity index is 2.02. The van der Waals surface area contributed by atoms with Crippen LogP contribution in [0.4, 0.5) is 5.69 Å². The second kappa shape index (κ2) is 5.30. The van der Waals surface area contributed by atoms with Crippen LogP contribution in [0.15, 0.2) is 59.1 Å². The number of amides is 1. The van der Waals surface area contributed by atoms with Gasteiger partial charge in [0.25, 0.3) is 5.91 Å². The van der Waals surface area contributed by atoms with E-state index in [1.54, 1.807) is 24.1 Å². The lowest BCUT2D eigenvalue weighted by Gasteiger charge is -2.07. The largest absolute Gasteiger partial charge is 0.311 e. The molecule has 104 valence electrons. The molecular weight excluding hydrogens is 330 g/mol. The van der Waals surface area contributed by atoms with Crippen LogP contribution in [0, 0.1) is 0 Å². The number of hydrogen-bond donors (Lipinski definition) is 0. The summed E-state index contributed by atoms with van der Waals surface area (Å²) in [5, 5.41) is 0. The number of anilines is 1. The van der Waals surface area contributed by atoms with Gasteiger partial charge in [-0.15, -0.1) is 0 Å². The Morgan fingerprint density at radius 3 is 2.48 bits per heavy atom. The highest BCUT2D eigenvalue weighted by Crippen LogP contribution is 2.35. The van der Waals surface area contributed by atoms with Gasteiger partial charge in [0.1, 0.15) is 0 Å².